The maximum absolute atomic E-state index is 12.4. The molecule has 3 rings (SSSR count). The zero-order valence-corrected chi connectivity index (χ0v) is 15.2. The Labute approximate surface area is 162 Å². The zero-order valence-electron chi connectivity index (χ0n) is 15.2. The molecular weight excluding hydrogens is 360 g/mol. The molecule has 0 saturated heterocycles. The zero-order chi connectivity index (χ0) is 19.9. The molecule has 0 amide bonds. The second-order valence-electron chi connectivity index (χ2n) is 6.41. The third kappa shape index (κ3) is 4.46. The highest BCUT2D eigenvalue weighted by molar-refractivity contribution is 5.90. The van der Waals surface area contributed by atoms with E-state index in [4.69, 9.17) is 14.2 Å². The lowest BCUT2D eigenvalue weighted by Gasteiger charge is -2.20. The van der Waals surface area contributed by atoms with Gasteiger partial charge < -0.3 is 14.2 Å². The fourth-order valence-corrected chi connectivity index (χ4v) is 3.16. The number of carbonyl (C=O) groups is 3. The van der Waals surface area contributed by atoms with Crippen LogP contribution in [0, 0.1) is 5.92 Å². The van der Waals surface area contributed by atoms with Crippen molar-refractivity contribution in [1.29, 1.82) is 0 Å². The summed E-state index contributed by atoms with van der Waals surface area (Å²) in [7, 11) is 0. The van der Waals surface area contributed by atoms with Crippen LogP contribution in [0.1, 0.15) is 27.1 Å². The minimum Gasteiger partial charge on any atom is -0.461 e. The molecule has 1 saturated carbocycles. The van der Waals surface area contributed by atoms with Gasteiger partial charge in [0.1, 0.15) is 18.8 Å². The van der Waals surface area contributed by atoms with E-state index < -0.39 is 30.1 Å². The van der Waals surface area contributed by atoms with Crippen LogP contribution >= 0.6 is 0 Å². The van der Waals surface area contributed by atoms with Gasteiger partial charge in [0.25, 0.3) is 6.47 Å². The summed E-state index contributed by atoms with van der Waals surface area (Å²) < 4.78 is 16.0. The molecule has 6 heteroatoms. The predicted octanol–water partition coefficient (Wildman–Crippen LogP) is 3.19. The van der Waals surface area contributed by atoms with Crippen molar-refractivity contribution in [2.45, 2.75) is 18.6 Å². The SMILES string of the molecule is C=C1C(OC=O)CC(OC(=O)c2ccccc2)C1COC(=O)c1ccccc1. The highest BCUT2D eigenvalue weighted by atomic mass is 16.6. The van der Waals surface area contributed by atoms with Gasteiger partial charge in [-0.25, -0.2) is 9.59 Å². The number of esters is 2. The Kier molecular flexibility index (Phi) is 6.22. The molecule has 2 aromatic carbocycles. The number of hydrogen-bond acceptors (Lipinski definition) is 6. The van der Waals surface area contributed by atoms with E-state index in [9.17, 15) is 14.4 Å². The van der Waals surface area contributed by atoms with Crippen LogP contribution in [0.4, 0.5) is 0 Å². The van der Waals surface area contributed by atoms with Crippen LogP contribution in [0.15, 0.2) is 72.8 Å². The van der Waals surface area contributed by atoms with Gasteiger partial charge >= 0.3 is 11.9 Å². The first-order valence-corrected chi connectivity index (χ1v) is 8.86. The summed E-state index contributed by atoms with van der Waals surface area (Å²) in [6.45, 7) is 4.26. The van der Waals surface area contributed by atoms with E-state index in [1.807, 2.05) is 0 Å². The summed E-state index contributed by atoms with van der Waals surface area (Å²) in [6, 6.07) is 17.2. The van der Waals surface area contributed by atoms with Gasteiger partial charge in [0.15, 0.2) is 0 Å². The molecule has 1 aliphatic rings. The molecule has 0 aromatic heterocycles. The van der Waals surface area contributed by atoms with Gasteiger partial charge in [-0.2, -0.15) is 0 Å². The predicted molar refractivity (Wildman–Crippen MR) is 101 cm³/mol. The second kappa shape index (κ2) is 8.99. The smallest absolute Gasteiger partial charge is 0.338 e. The maximum Gasteiger partial charge on any atom is 0.338 e. The Morgan fingerprint density at radius 3 is 2.11 bits per heavy atom. The molecule has 2 aromatic rings. The van der Waals surface area contributed by atoms with Gasteiger partial charge in [-0.3, -0.25) is 4.79 Å². The lowest BCUT2D eigenvalue weighted by molar-refractivity contribution is -0.132. The van der Waals surface area contributed by atoms with Gasteiger partial charge in [0, 0.05) is 6.42 Å². The molecule has 0 heterocycles. The number of ether oxygens (including phenoxy) is 3. The van der Waals surface area contributed by atoms with Crippen molar-refractivity contribution in [3.63, 3.8) is 0 Å². The van der Waals surface area contributed by atoms with Crippen molar-refractivity contribution in [1.82, 2.24) is 0 Å². The Morgan fingerprint density at radius 2 is 1.54 bits per heavy atom. The molecule has 28 heavy (non-hydrogen) atoms. The number of rotatable bonds is 7. The average molecular weight is 380 g/mol. The molecule has 6 nitrogen and oxygen atoms in total. The van der Waals surface area contributed by atoms with Crippen LogP contribution in [0.3, 0.4) is 0 Å². The van der Waals surface area contributed by atoms with Crippen molar-refractivity contribution in [2.75, 3.05) is 6.61 Å². The molecule has 3 atom stereocenters. The first-order valence-electron chi connectivity index (χ1n) is 8.86. The number of hydrogen-bond donors (Lipinski definition) is 0. The number of benzene rings is 2. The fraction of sp³-hybridized carbons (Fsp3) is 0.227. The van der Waals surface area contributed by atoms with E-state index in [2.05, 4.69) is 6.58 Å². The lowest BCUT2D eigenvalue weighted by atomic mass is 10.0. The molecule has 144 valence electrons. The van der Waals surface area contributed by atoms with E-state index in [1.165, 1.54) is 0 Å². The van der Waals surface area contributed by atoms with E-state index in [0.29, 0.717) is 23.2 Å². The topological polar surface area (TPSA) is 78.9 Å². The van der Waals surface area contributed by atoms with E-state index >= 15 is 0 Å². The van der Waals surface area contributed by atoms with Crippen LogP contribution < -0.4 is 0 Å². The Bertz CT molecular complexity index is 846. The van der Waals surface area contributed by atoms with Gasteiger partial charge in [-0.15, -0.1) is 0 Å². The quantitative estimate of drug-likeness (QED) is 0.318. The molecule has 0 radical (unpaired) electrons. The summed E-state index contributed by atoms with van der Waals surface area (Å²) in [4.78, 5) is 35.4. The molecular formula is C22H20O6. The van der Waals surface area contributed by atoms with Crippen molar-refractivity contribution in [3.05, 3.63) is 83.9 Å². The van der Waals surface area contributed by atoms with Crippen LogP contribution in [0.2, 0.25) is 0 Å². The van der Waals surface area contributed by atoms with Crippen LogP contribution in [0.25, 0.3) is 0 Å². The molecule has 0 spiro atoms. The minimum atomic E-state index is -0.617. The standard InChI is InChI=1S/C22H20O6/c1-15-18(13-26-21(24)16-8-4-2-5-9-16)20(12-19(15)27-14-23)28-22(25)17-10-6-3-7-11-17/h2-11,14,18-20H,1,12-13H2. The van der Waals surface area contributed by atoms with E-state index in [1.54, 1.807) is 60.7 Å². The maximum atomic E-state index is 12.4. The molecule has 3 unspecified atom stereocenters. The highest BCUT2D eigenvalue weighted by Gasteiger charge is 2.42. The summed E-state index contributed by atoms with van der Waals surface area (Å²) in [6.07, 6.45) is -0.941. The second-order valence-corrected chi connectivity index (χ2v) is 6.41. The summed E-state index contributed by atoms with van der Waals surface area (Å²) >= 11 is 0. The first-order chi connectivity index (χ1) is 13.6. The van der Waals surface area contributed by atoms with Gasteiger partial charge in [-0.05, 0) is 29.8 Å². The van der Waals surface area contributed by atoms with Crippen LogP contribution in [-0.2, 0) is 19.0 Å². The van der Waals surface area contributed by atoms with Gasteiger partial charge in [0.2, 0.25) is 0 Å². The lowest BCUT2D eigenvalue weighted by Crippen LogP contribution is -2.27. The third-order valence-electron chi connectivity index (χ3n) is 4.68. The monoisotopic (exact) mass is 380 g/mol. The van der Waals surface area contributed by atoms with Gasteiger partial charge in [0.05, 0.1) is 17.0 Å². The Morgan fingerprint density at radius 1 is 0.964 bits per heavy atom. The normalized spacial score (nSPS) is 21.0. The minimum absolute atomic E-state index is 0.0297. The van der Waals surface area contributed by atoms with Crippen molar-refractivity contribution >= 4 is 18.4 Å². The first kappa shape index (κ1) is 19.4. The molecule has 0 aliphatic heterocycles. The van der Waals surface area contributed by atoms with E-state index in [0.717, 1.165) is 0 Å². The third-order valence-corrected chi connectivity index (χ3v) is 4.68. The van der Waals surface area contributed by atoms with E-state index in [-0.39, 0.29) is 13.0 Å². The van der Waals surface area contributed by atoms with Crippen LogP contribution in [-0.4, -0.2) is 37.2 Å². The van der Waals surface area contributed by atoms with Crippen molar-refractivity contribution < 1.29 is 28.6 Å². The number of carbonyl (C=O) groups excluding carboxylic acids is 3. The average Bonchev–Trinajstić information content (AvgIpc) is 3.02. The Balaban J connectivity index is 1.69. The molecule has 1 fully saturated rings. The Hall–Kier alpha value is -3.41. The molecule has 1 aliphatic carbocycles. The van der Waals surface area contributed by atoms with Crippen molar-refractivity contribution in [2.24, 2.45) is 5.92 Å². The highest BCUT2D eigenvalue weighted by Crippen LogP contribution is 2.35. The molecule has 0 N–H and O–H groups in total. The van der Waals surface area contributed by atoms with Crippen LogP contribution in [0.5, 0.6) is 0 Å². The molecule has 0 bridgehead atoms. The summed E-state index contributed by atoms with van der Waals surface area (Å²) in [5.74, 6) is -1.45. The summed E-state index contributed by atoms with van der Waals surface area (Å²) in [5.41, 5.74) is 1.39. The largest absolute Gasteiger partial charge is 0.461 e. The van der Waals surface area contributed by atoms with Crippen molar-refractivity contribution in [3.8, 4) is 0 Å². The summed E-state index contributed by atoms with van der Waals surface area (Å²) in [5, 5.41) is 0. The van der Waals surface area contributed by atoms with Gasteiger partial charge in [-0.1, -0.05) is 43.0 Å². The fourth-order valence-electron chi connectivity index (χ4n) is 3.16.